The number of anilines is 2. The smallest absolute Gasteiger partial charge is 0.275 e. The maximum absolute atomic E-state index is 12.3. The van der Waals surface area contributed by atoms with Crippen molar-refractivity contribution in [3.8, 4) is 0 Å². The van der Waals surface area contributed by atoms with Gasteiger partial charge in [-0.3, -0.25) is 4.79 Å². The summed E-state index contributed by atoms with van der Waals surface area (Å²) in [6.45, 7) is 1.80. The van der Waals surface area contributed by atoms with Crippen molar-refractivity contribution in [1.29, 1.82) is 0 Å². The van der Waals surface area contributed by atoms with Gasteiger partial charge in [-0.25, -0.2) is 10.8 Å². The van der Waals surface area contributed by atoms with E-state index >= 15 is 0 Å². The quantitative estimate of drug-likeness (QED) is 0.582. The number of hydrogen-bond acceptors (Lipinski definition) is 4. The van der Waals surface area contributed by atoms with Crippen molar-refractivity contribution in [2.75, 3.05) is 10.7 Å². The van der Waals surface area contributed by atoms with E-state index in [0.717, 1.165) is 5.56 Å². The van der Waals surface area contributed by atoms with E-state index in [2.05, 4.69) is 15.7 Å². The maximum Gasteiger partial charge on any atom is 0.275 e. The molecule has 0 atom stereocenters. The van der Waals surface area contributed by atoms with E-state index in [1.54, 1.807) is 25.1 Å². The van der Waals surface area contributed by atoms with Crippen molar-refractivity contribution in [2.24, 2.45) is 5.84 Å². The molecule has 0 aliphatic heterocycles. The van der Waals surface area contributed by atoms with Gasteiger partial charge in [-0.15, -0.1) is 0 Å². The lowest BCUT2D eigenvalue weighted by atomic mass is 10.2. The number of carbonyl (C=O) groups excluding carboxylic acids is 1. The average Bonchev–Trinajstić information content (AvgIpc) is 2.48. The fourth-order valence-electron chi connectivity index (χ4n) is 1.63. The van der Waals surface area contributed by atoms with Crippen LogP contribution in [0.1, 0.15) is 16.1 Å². The van der Waals surface area contributed by atoms with Crippen LogP contribution in [0.5, 0.6) is 0 Å². The Balaban J connectivity index is 2.37. The molecule has 0 spiro atoms. The number of amides is 1. The summed E-state index contributed by atoms with van der Waals surface area (Å²) in [7, 11) is 0. The van der Waals surface area contributed by atoms with E-state index in [0.29, 0.717) is 21.6 Å². The van der Waals surface area contributed by atoms with Gasteiger partial charge in [0.05, 0.1) is 20.8 Å². The molecule has 1 amide bonds. The second-order valence-corrected chi connectivity index (χ2v) is 5.37. The molecule has 8 heteroatoms. The van der Waals surface area contributed by atoms with Gasteiger partial charge in [0, 0.05) is 0 Å². The molecule has 1 aromatic heterocycles. The molecule has 0 radical (unpaired) electrons. The topological polar surface area (TPSA) is 80.0 Å². The fraction of sp³-hybridized carbons (Fsp3) is 0.0769. The van der Waals surface area contributed by atoms with Crippen molar-refractivity contribution in [3.05, 3.63) is 50.6 Å². The van der Waals surface area contributed by atoms with Gasteiger partial charge in [-0.2, -0.15) is 0 Å². The van der Waals surface area contributed by atoms with E-state index < -0.39 is 5.91 Å². The lowest BCUT2D eigenvalue weighted by Gasteiger charge is -2.12. The van der Waals surface area contributed by atoms with Crippen molar-refractivity contribution in [3.63, 3.8) is 0 Å². The van der Waals surface area contributed by atoms with Crippen molar-refractivity contribution >= 4 is 52.2 Å². The number of aryl methyl sites for hydroxylation is 1. The van der Waals surface area contributed by atoms with Crippen LogP contribution in [0.15, 0.2) is 24.3 Å². The minimum atomic E-state index is -0.536. The Hall–Kier alpha value is -1.53. The Morgan fingerprint density at radius 2 is 1.81 bits per heavy atom. The highest BCUT2D eigenvalue weighted by Gasteiger charge is 2.17. The van der Waals surface area contributed by atoms with Crippen molar-refractivity contribution in [2.45, 2.75) is 6.92 Å². The Morgan fingerprint density at radius 3 is 2.48 bits per heavy atom. The zero-order chi connectivity index (χ0) is 15.6. The number of halogens is 3. The number of carbonyl (C=O) groups is 1. The summed E-state index contributed by atoms with van der Waals surface area (Å²) in [5.74, 6) is 5.04. The molecule has 1 heterocycles. The van der Waals surface area contributed by atoms with Crippen LogP contribution in [0.2, 0.25) is 15.1 Å². The van der Waals surface area contributed by atoms with E-state index in [4.69, 9.17) is 40.6 Å². The number of benzene rings is 1. The van der Waals surface area contributed by atoms with Crippen LogP contribution < -0.4 is 16.6 Å². The van der Waals surface area contributed by atoms with Gasteiger partial charge in [0.15, 0.2) is 0 Å². The molecule has 110 valence electrons. The monoisotopic (exact) mass is 344 g/mol. The third kappa shape index (κ3) is 3.39. The van der Waals surface area contributed by atoms with Crippen molar-refractivity contribution in [1.82, 2.24) is 4.98 Å². The molecule has 0 unspecified atom stereocenters. The summed E-state index contributed by atoms with van der Waals surface area (Å²) in [6.07, 6.45) is 0. The summed E-state index contributed by atoms with van der Waals surface area (Å²) in [5, 5.41) is 3.48. The highest BCUT2D eigenvalue weighted by molar-refractivity contribution is 6.41. The summed E-state index contributed by atoms with van der Waals surface area (Å²) < 4.78 is 0. The molecular formula is C13H11Cl3N4O. The van der Waals surface area contributed by atoms with E-state index in [1.807, 2.05) is 0 Å². The molecule has 21 heavy (non-hydrogen) atoms. The molecule has 2 rings (SSSR count). The number of nitrogens with one attached hydrogen (secondary N) is 2. The molecule has 1 aromatic carbocycles. The Morgan fingerprint density at radius 1 is 1.14 bits per heavy atom. The standard InChI is InChI=1S/C13H11Cl3N4O/c1-6-2-3-7(14)11(10(6)16)19-13(21)12-8(15)4-5-9(18-12)20-17/h2-5H,17H2,1H3,(H,18,20)(H,19,21). The van der Waals surface area contributed by atoms with Crippen LogP contribution in [0, 0.1) is 6.92 Å². The average molecular weight is 346 g/mol. The highest BCUT2D eigenvalue weighted by Crippen LogP contribution is 2.33. The van der Waals surface area contributed by atoms with Crippen LogP contribution in [0.3, 0.4) is 0 Å². The maximum atomic E-state index is 12.3. The largest absolute Gasteiger partial charge is 0.318 e. The first-order valence-electron chi connectivity index (χ1n) is 5.83. The van der Waals surface area contributed by atoms with Crippen LogP contribution in [-0.2, 0) is 0 Å². The number of rotatable bonds is 3. The molecule has 2 aromatic rings. The second-order valence-electron chi connectivity index (χ2n) is 4.18. The molecule has 0 saturated carbocycles. The molecular weight excluding hydrogens is 335 g/mol. The molecule has 0 aliphatic rings. The van der Waals surface area contributed by atoms with Crippen LogP contribution in [0.4, 0.5) is 11.5 Å². The summed E-state index contributed by atoms with van der Waals surface area (Å²) in [4.78, 5) is 16.3. The number of hydrazine groups is 1. The first kappa shape index (κ1) is 15.9. The van der Waals surface area contributed by atoms with Crippen molar-refractivity contribution < 1.29 is 4.79 Å². The van der Waals surface area contributed by atoms with Crippen LogP contribution in [0.25, 0.3) is 0 Å². The minimum Gasteiger partial charge on any atom is -0.318 e. The normalized spacial score (nSPS) is 10.3. The van der Waals surface area contributed by atoms with Gasteiger partial charge in [-0.1, -0.05) is 40.9 Å². The number of nitrogens with two attached hydrogens (primary N) is 1. The first-order chi connectivity index (χ1) is 9.93. The third-order valence-corrected chi connectivity index (χ3v) is 3.84. The predicted octanol–water partition coefficient (Wildman–Crippen LogP) is 3.89. The van der Waals surface area contributed by atoms with E-state index in [1.165, 1.54) is 6.07 Å². The zero-order valence-electron chi connectivity index (χ0n) is 10.9. The Kier molecular flexibility index (Phi) is 4.90. The van der Waals surface area contributed by atoms with Gasteiger partial charge >= 0.3 is 0 Å². The van der Waals surface area contributed by atoms with E-state index in [9.17, 15) is 4.79 Å². The number of nitrogen functional groups attached to an aromatic ring is 1. The van der Waals surface area contributed by atoms with Gasteiger partial charge in [0.2, 0.25) is 0 Å². The summed E-state index contributed by atoms with van der Waals surface area (Å²) >= 11 is 18.2. The lowest BCUT2D eigenvalue weighted by molar-refractivity contribution is 0.102. The number of nitrogens with zero attached hydrogens (tertiary/aromatic N) is 1. The van der Waals surface area contributed by atoms with Gasteiger partial charge in [0.25, 0.3) is 5.91 Å². The second kappa shape index (κ2) is 6.49. The fourth-order valence-corrected chi connectivity index (χ4v) is 2.28. The van der Waals surface area contributed by atoms with Gasteiger partial charge in [-0.05, 0) is 30.7 Å². The summed E-state index contributed by atoms with van der Waals surface area (Å²) in [6, 6.07) is 6.46. The zero-order valence-corrected chi connectivity index (χ0v) is 13.1. The minimum absolute atomic E-state index is 0.0146. The number of hydrogen-bond donors (Lipinski definition) is 3. The molecule has 0 bridgehead atoms. The Bertz CT molecular complexity index is 706. The molecule has 0 aliphatic carbocycles. The molecule has 5 nitrogen and oxygen atoms in total. The summed E-state index contributed by atoms with van der Waals surface area (Å²) in [5.41, 5.74) is 3.46. The molecule has 0 fully saturated rings. The van der Waals surface area contributed by atoms with Gasteiger partial charge < -0.3 is 10.7 Å². The van der Waals surface area contributed by atoms with Crippen LogP contribution in [-0.4, -0.2) is 10.9 Å². The molecule has 4 N–H and O–H groups in total. The van der Waals surface area contributed by atoms with Gasteiger partial charge in [0.1, 0.15) is 11.5 Å². The molecule has 0 saturated heterocycles. The van der Waals surface area contributed by atoms with Crippen LogP contribution >= 0.6 is 34.8 Å². The third-order valence-electron chi connectivity index (χ3n) is 2.73. The Labute approximate surface area is 136 Å². The number of pyridine rings is 1. The number of aromatic nitrogens is 1. The predicted molar refractivity (Wildman–Crippen MR) is 86.2 cm³/mol. The first-order valence-corrected chi connectivity index (χ1v) is 6.96. The SMILES string of the molecule is Cc1ccc(Cl)c(NC(=O)c2nc(NN)ccc2Cl)c1Cl. The highest BCUT2D eigenvalue weighted by atomic mass is 35.5. The lowest BCUT2D eigenvalue weighted by Crippen LogP contribution is -2.17. The van der Waals surface area contributed by atoms with E-state index in [-0.39, 0.29) is 10.7 Å².